The molecule has 0 bridgehead atoms. The Morgan fingerprint density at radius 1 is 1.05 bits per heavy atom. The molecule has 0 aliphatic carbocycles. The minimum atomic E-state index is -0.280. The highest BCUT2D eigenvalue weighted by molar-refractivity contribution is 7.38. The second-order valence-electron chi connectivity index (χ2n) is 4.45. The Morgan fingerprint density at radius 2 is 1.86 bits per heavy atom. The van der Waals surface area contributed by atoms with Crippen molar-refractivity contribution in [1.82, 2.24) is 4.98 Å². The molecule has 0 amide bonds. The van der Waals surface area contributed by atoms with E-state index in [-0.39, 0.29) is 5.82 Å². The van der Waals surface area contributed by atoms with Crippen LogP contribution in [-0.4, -0.2) is 11.6 Å². The van der Waals surface area contributed by atoms with Crippen LogP contribution in [0.15, 0.2) is 54.6 Å². The van der Waals surface area contributed by atoms with Gasteiger partial charge in [-0.1, -0.05) is 6.07 Å². The standard InChI is InChI=1S/C16H14FN2OP/c1-21-19-16-10-9-13-14(18-16)3-2-4-15(13)20-12-7-5-11(17)6-8-12/h2-10,21H,1H3,(H,18,19). The van der Waals surface area contributed by atoms with E-state index in [1.165, 1.54) is 12.1 Å². The molecule has 0 spiro atoms. The van der Waals surface area contributed by atoms with E-state index in [9.17, 15) is 4.39 Å². The minimum Gasteiger partial charge on any atom is -0.457 e. The molecule has 3 aromatic rings. The zero-order valence-electron chi connectivity index (χ0n) is 11.4. The third kappa shape index (κ3) is 3.11. The van der Waals surface area contributed by atoms with Gasteiger partial charge in [-0.05, 0) is 63.9 Å². The number of pyridine rings is 1. The summed E-state index contributed by atoms with van der Waals surface area (Å²) in [5.41, 5.74) is 0.859. The average Bonchev–Trinajstić information content (AvgIpc) is 2.50. The first kappa shape index (κ1) is 13.8. The van der Waals surface area contributed by atoms with Crippen molar-refractivity contribution >= 4 is 25.5 Å². The zero-order chi connectivity index (χ0) is 14.7. The number of nitrogens with zero attached hydrogens (tertiary/aromatic N) is 1. The minimum absolute atomic E-state index is 0.280. The van der Waals surface area contributed by atoms with E-state index in [1.54, 1.807) is 12.1 Å². The van der Waals surface area contributed by atoms with Gasteiger partial charge in [0, 0.05) is 5.39 Å². The van der Waals surface area contributed by atoms with E-state index in [4.69, 9.17) is 4.74 Å². The normalized spacial score (nSPS) is 11.1. The molecule has 0 radical (unpaired) electrons. The summed E-state index contributed by atoms with van der Waals surface area (Å²) in [6, 6.07) is 15.6. The summed E-state index contributed by atoms with van der Waals surface area (Å²) in [7, 11) is 0.601. The molecule has 0 aliphatic heterocycles. The van der Waals surface area contributed by atoms with Gasteiger partial charge < -0.3 is 9.82 Å². The highest BCUT2D eigenvalue weighted by Gasteiger charge is 2.05. The molecule has 3 nitrogen and oxygen atoms in total. The Bertz CT molecular complexity index is 762. The van der Waals surface area contributed by atoms with E-state index >= 15 is 0 Å². The summed E-state index contributed by atoms with van der Waals surface area (Å²) < 4.78 is 18.7. The third-order valence-corrected chi connectivity index (χ3v) is 3.49. The van der Waals surface area contributed by atoms with Crippen molar-refractivity contribution in [3.8, 4) is 11.5 Å². The molecule has 21 heavy (non-hydrogen) atoms. The Labute approximate surface area is 124 Å². The second kappa shape index (κ2) is 6.06. The van der Waals surface area contributed by atoms with Crippen molar-refractivity contribution in [3.63, 3.8) is 0 Å². The Kier molecular flexibility index (Phi) is 3.98. The lowest BCUT2D eigenvalue weighted by Crippen LogP contribution is -1.91. The van der Waals surface area contributed by atoms with Gasteiger partial charge in [-0.3, -0.25) is 0 Å². The fraction of sp³-hybridized carbons (Fsp3) is 0.0625. The molecule has 1 heterocycles. The summed E-state index contributed by atoms with van der Waals surface area (Å²) in [5.74, 6) is 1.87. The number of fused-ring (bicyclic) bond motifs is 1. The largest absolute Gasteiger partial charge is 0.457 e. The first-order valence-corrected chi connectivity index (χ1v) is 8.02. The van der Waals surface area contributed by atoms with Crippen LogP contribution in [0.4, 0.5) is 10.2 Å². The van der Waals surface area contributed by atoms with Crippen LogP contribution < -0.4 is 9.82 Å². The van der Waals surface area contributed by atoms with E-state index in [2.05, 4.69) is 16.7 Å². The highest BCUT2D eigenvalue weighted by Crippen LogP contribution is 2.30. The Morgan fingerprint density at radius 3 is 2.62 bits per heavy atom. The number of rotatable bonds is 4. The SMILES string of the molecule is CPNc1ccc2c(Oc3ccc(F)cc3)cccc2n1. The molecule has 1 unspecified atom stereocenters. The van der Waals surface area contributed by atoms with Gasteiger partial charge in [0.1, 0.15) is 23.1 Å². The summed E-state index contributed by atoms with van der Waals surface area (Å²) >= 11 is 0. The van der Waals surface area contributed by atoms with Gasteiger partial charge in [0.15, 0.2) is 0 Å². The monoisotopic (exact) mass is 300 g/mol. The smallest absolute Gasteiger partial charge is 0.136 e. The predicted octanol–water partition coefficient (Wildman–Crippen LogP) is 4.80. The number of ether oxygens (including phenoxy) is 1. The molecule has 0 fully saturated rings. The second-order valence-corrected chi connectivity index (χ2v) is 5.20. The van der Waals surface area contributed by atoms with Gasteiger partial charge in [-0.15, -0.1) is 0 Å². The topological polar surface area (TPSA) is 34.1 Å². The summed E-state index contributed by atoms with van der Waals surface area (Å²) in [6.07, 6.45) is 0. The van der Waals surface area contributed by atoms with E-state index in [0.29, 0.717) is 20.2 Å². The van der Waals surface area contributed by atoms with Crippen LogP contribution in [0.3, 0.4) is 0 Å². The van der Waals surface area contributed by atoms with E-state index < -0.39 is 0 Å². The van der Waals surface area contributed by atoms with Gasteiger partial charge in [-0.2, -0.15) is 0 Å². The van der Waals surface area contributed by atoms with Crippen LogP contribution in [0.5, 0.6) is 11.5 Å². The van der Waals surface area contributed by atoms with Crippen LogP contribution in [0.2, 0.25) is 0 Å². The summed E-state index contributed by atoms with van der Waals surface area (Å²) in [6.45, 7) is 2.06. The molecular weight excluding hydrogens is 286 g/mol. The number of anilines is 1. The molecule has 106 valence electrons. The molecule has 0 aliphatic rings. The number of halogens is 1. The van der Waals surface area contributed by atoms with Gasteiger partial charge in [-0.25, -0.2) is 9.37 Å². The molecule has 1 atom stereocenters. The molecule has 3 rings (SSSR count). The number of benzene rings is 2. The molecule has 0 saturated carbocycles. The van der Waals surface area contributed by atoms with Crippen LogP contribution in [-0.2, 0) is 0 Å². The van der Waals surface area contributed by atoms with Crippen molar-refractivity contribution in [2.24, 2.45) is 0 Å². The fourth-order valence-corrected chi connectivity index (χ4v) is 2.44. The first-order chi connectivity index (χ1) is 10.3. The van der Waals surface area contributed by atoms with Crippen molar-refractivity contribution in [2.45, 2.75) is 0 Å². The van der Waals surface area contributed by atoms with Crippen LogP contribution in [0.25, 0.3) is 10.9 Å². The van der Waals surface area contributed by atoms with Gasteiger partial charge in [0.05, 0.1) is 5.52 Å². The van der Waals surface area contributed by atoms with Gasteiger partial charge in [0.2, 0.25) is 0 Å². The lowest BCUT2D eigenvalue weighted by atomic mass is 10.2. The highest BCUT2D eigenvalue weighted by atomic mass is 31.1. The third-order valence-electron chi connectivity index (χ3n) is 2.99. The summed E-state index contributed by atoms with van der Waals surface area (Å²) in [4.78, 5) is 4.54. The Hall–Kier alpha value is -2.19. The zero-order valence-corrected chi connectivity index (χ0v) is 12.4. The summed E-state index contributed by atoms with van der Waals surface area (Å²) in [5, 5.41) is 4.13. The number of hydrogen-bond acceptors (Lipinski definition) is 3. The molecule has 1 N–H and O–H groups in total. The molecule has 0 saturated heterocycles. The molecule has 5 heteroatoms. The van der Waals surface area contributed by atoms with Gasteiger partial charge >= 0.3 is 0 Å². The van der Waals surface area contributed by atoms with Crippen LogP contribution in [0.1, 0.15) is 0 Å². The van der Waals surface area contributed by atoms with Crippen molar-refractivity contribution in [1.29, 1.82) is 0 Å². The van der Waals surface area contributed by atoms with Crippen LogP contribution in [0, 0.1) is 5.82 Å². The fourth-order valence-electron chi connectivity index (χ4n) is 2.04. The van der Waals surface area contributed by atoms with Crippen molar-refractivity contribution in [2.75, 3.05) is 11.8 Å². The molecular formula is C16H14FN2OP. The Balaban J connectivity index is 1.96. The predicted molar refractivity (Wildman–Crippen MR) is 86.1 cm³/mol. The maximum atomic E-state index is 12.9. The van der Waals surface area contributed by atoms with Crippen molar-refractivity contribution in [3.05, 3.63) is 60.4 Å². The first-order valence-electron chi connectivity index (χ1n) is 6.52. The number of hydrogen-bond donors (Lipinski definition) is 1. The number of aromatic nitrogens is 1. The molecule has 2 aromatic carbocycles. The number of nitrogens with one attached hydrogen (secondary N) is 1. The van der Waals surface area contributed by atoms with Gasteiger partial charge in [0.25, 0.3) is 0 Å². The van der Waals surface area contributed by atoms with Crippen molar-refractivity contribution < 1.29 is 9.13 Å². The molecule has 1 aromatic heterocycles. The van der Waals surface area contributed by atoms with E-state index in [1.807, 2.05) is 30.3 Å². The van der Waals surface area contributed by atoms with Crippen LogP contribution >= 0.6 is 8.73 Å². The average molecular weight is 300 g/mol. The lowest BCUT2D eigenvalue weighted by Gasteiger charge is -2.10. The quantitative estimate of drug-likeness (QED) is 0.703. The maximum Gasteiger partial charge on any atom is 0.136 e. The lowest BCUT2D eigenvalue weighted by molar-refractivity contribution is 0.486. The van der Waals surface area contributed by atoms with E-state index in [0.717, 1.165) is 16.7 Å². The maximum absolute atomic E-state index is 12.9.